The van der Waals surface area contributed by atoms with E-state index in [1.807, 2.05) is 6.07 Å². The lowest BCUT2D eigenvalue weighted by atomic mass is 9.94. The third-order valence-corrected chi connectivity index (χ3v) is 2.64. The molecule has 1 N–H and O–H groups in total. The van der Waals surface area contributed by atoms with Crippen molar-refractivity contribution in [1.82, 2.24) is 5.32 Å². The molecule has 1 aromatic heterocycles. The maximum Gasteiger partial charge on any atom is 0.313 e. The molecule has 0 radical (unpaired) electrons. The van der Waals surface area contributed by atoms with E-state index in [9.17, 15) is 9.59 Å². The van der Waals surface area contributed by atoms with Crippen LogP contribution in [0.25, 0.3) is 0 Å². The summed E-state index contributed by atoms with van der Waals surface area (Å²) in [5, 5.41) is 2.72. The summed E-state index contributed by atoms with van der Waals surface area (Å²) >= 11 is 0. The van der Waals surface area contributed by atoms with Crippen LogP contribution in [0.2, 0.25) is 0 Å². The summed E-state index contributed by atoms with van der Waals surface area (Å²) < 4.78 is 9.79. The lowest BCUT2D eigenvalue weighted by molar-refractivity contribution is -0.150. The first-order valence-corrected chi connectivity index (χ1v) is 5.83. The van der Waals surface area contributed by atoms with Gasteiger partial charge in [0.2, 0.25) is 5.91 Å². The SMILES string of the molecule is COC(=O)C(C)(C)CNC(=O)CCc1ccco1. The van der Waals surface area contributed by atoms with Gasteiger partial charge in [-0.15, -0.1) is 0 Å². The smallest absolute Gasteiger partial charge is 0.313 e. The largest absolute Gasteiger partial charge is 0.469 e. The van der Waals surface area contributed by atoms with Crippen molar-refractivity contribution in [1.29, 1.82) is 0 Å². The van der Waals surface area contributed by atoms with E-state index in [0.717, 1.165) is 5.76 Å². The standard InChI is InChI=1S/C13H19NO4/c1-13(2,12(16)17-3)9-14-11(15)7-6-10-5-4-8-18-10/h4-5,8H,6-7,9H2,1-3H3,(H,14,15). The number of carbonyl (C=O) groups is 2. The van der Waals surface area contributed by atoms with Crippen molar-refractivity contribution in [2.75, 3.05) is 13.7 Å². The molecule has 1 aromatic rings. The Labute approximate surface area is 106 Å². The van der Waals surface area contributed by atoms with Gasteiger partial charge in [-0.25, -0.2) is 0 Å². The molecular weight excluding hydrogens is 234 g/mol. The second-order valence-electron chi connectivity index (χ2n) is 4.73. The van der Waals surface area contributed by atoms with Crippen molar-refractivity contribution >= 4 is 11.9 Å². The molecule has 1 rings (SSSR count). The Balaban J connectivity index is 2.30. The molecule has 18 heavy (non-hydrogen) atoms. The Bertz CT molecular complexity index is 395. The van der Waals surface area contributed by atoms with Crippen LogP contribution in [0.1, 0.15) is 26.0 Å². The number of furan rings is 1. The average molecular weight is 253 g/mol. The summed E-state index contributed by atoms with van der Waals surface area (Å²) in [6.07, 6.45) is 2.47. The zero-order valence-corrected chi connectivity index (χ0v) is 11.0. The van der Waals surface area contributed by atoms with Crippen LogP contribution in [0.5, 0.6) is 0 Å². The van der Waals surface area contributed by atoms with Crippen LogP contribution in [-0.2, 0) is 20.7 Å². The van der Waals surface area contributed by atoms with Crippen LogP contribution >= 0.6 is 0 Å². The topological polar surface area (TPSA) is 68.5 Å². The molecule has 1 amide bonds. The van der Waals surface area contributed by atoms with Gasteiger partial charge in [-0.1, -0.05) is 0 Å². The zero-order valence-electron chi connectivity index (χ0n) is 11.0. The predicted molar refractivity (Wildman–Crippen MR) is 65.8 cm³/mol. The number of carbonyl (C=O) groups excluding carboxylic acids is 2. The van der Waals surface area contributed by atoms with E-state index < -0.39 is 5.41 Å². The molecule has 0 aliphatic rings. The van der Waals surface area contributed by atoms with Crippen molar-refractivity contribution in [2.24, 2.45) is 5.41 Å². The highest BCUT2D eigenvalue weighted by molar-refractivity contribution is 5.79. The molecule has 0 atom stereocenters. The minimum absolute atomic E-state index is 0.108. The fraction of sp³-hybridized carbons (Fsp3) is 0.538. The van der Waals surface area contributed by atoms with Crippen LogP contribution < -0.4 is 5.32 Å². The predicted octanol–water partition coefficient (Wildman–Crippen LogP) is 1.53. The van der Waals surface area contributed by atoms with Crippen molar-refractivity contribution in [3.05, 3.63) is 24.2 Å². The van der Waals surface area contributed by atoms with E-state index in [2.05, 4.69) is 10.1 Å². The molecule has 0 aromatic carbocycles. The molecule has 0 spiro atoms. The summed E-state index contributed by atoms with van der Waals surface area (Å²) in [5.41, 5.74) is -0.713. The molecule has 5 heteroatoms. The maximum atomic E-state index is 11.6. The van der Waals surface area contributed by atoms with Crippen LogP contribution in [0, 0.1) is 5.41 Å². The van der Waals surface area contributed by atoms with Gasteiger partial charge >= 0.3 is 5.97 Å². The molecule has 1 heterocycles. The van der Waals surface area contributed by atoms with E-state index in [1.54, 1.807) is 26.2 Å². The molecule has 0 aliphatic carbocycles. The van der Waals surface area contributed by atoms with Crippen LogP contribution in [0.3, 0.4) is 0 Å². The van der Waals surface area contributed by atoms with E-state index in [-0.39, 0.29) is 18.4 Å². The number of hydrogen-bond acceptors (Lipinski definition) is 4. The molecule has 0 saturated heterocycles. The van der Waals surface area contributed by atoms with Gasteiger partial charge in [-0.05, 0) is 26.0 Å². The summed E-state index contributed by atoms with van der Waals surface area (Å²) in [4.78, 5) is 23.0. The second-order valence-corrected chi connectivity index (χ2v) is 4.73. The average Bonchev–Trinajstić information content (AvgIpc) is 2.86. The lowest BCUT2D eigenvalue weighted by Gasteiger charge is -2.21. The molecule has 0 fully saturated rings. The van der Waals surface area contributed by atoms with Crippen LogP contribution in [0.15, 0.2) is 22.8 Å². The van der Waals surface area contributed by atoms with E-state index in [0.29, 0.717) is 12.8 Å². The Morgan fingerprint density at radius 3 is 2.72 bits per heavy atom. The van der Waals surface area contributed by atoms with Gasteiger partial charge in [0.1, 0.15) is 5.76 Å². The van der Waals surface area contributed by atoms with Gasteiger partial charge in [0.25, 0.3) is 0 Å². The lowest BCUT2D eigenvalue weighted by Crippen LogP contribution is -2.39. The number of rotatable bonds is 6. The van der Waals surface area contributed by atoms with Crippen molar-refractivity contribution < 1.29 is 18.7 Å². The van der Waals surface area contributed by atoms with Gasteiger partial charge in [-0.2, -0.15) is 0 Å². The Kier molecular flexibility index (Phi) is 4.95. The summed E-state index contributed by atoms with van der Waals surface area (Å²) in [6, 6.07) is 3.61. The van der Waals surface area contributed by atoms with E-state index in [4.69, 9.17) is 4.42 Å². The summed E-state index contributed by atoms with van der Waals surface area (Å²) in [6.45, 7) is 3.72. The first-order valence-electron chi connectivity index (χ1n) is 5.83. The number of ether oxygens (including phenoxy) is 1. The first-order chi connectivity index (χ1) is 8.45. The number of amides is 1. The van der Waals surface area contributed by atoms with Crippen molar-refractivity contribution in [3.8, 4) is 0 Å². The minimum Gasteiger partial charge on any atom is -0.469 e. The van der Waals surface area contributed by atoms with Gasteiger partial charge in [-0.3, -0.25) is 9.59 Å². The first kappa shape index (κ1) is 14.3. The quantitative estimate of drug-likeness (QED) is 0.781. The Morgan fingerprint density at radius 2 is 2.17 bits per heavy atom. The van der Waals surface area contributed by atoms with E-state index in [1.165, 1.54) is 7.11 Å². The minimum atomic E-state index is -0.713. The molecule has 0 aliphatic heterocycles. The number of methoxy groups -OCH3 is 1. The number of aryl methyl sites for hydroxylation is 1. The van der Waals surface area contributed by atoms with Crippen LogP contribution in [-0.4, -0.2) is 25.5 Å². The van der Waals surface area contributed by atoms with E-state index >= 15 is 0 Å². The van der Waals surface area contributed by atoms with Crippen LogP contribution in [0.4, 0.5) is 0 Å². The second kappa shape index (κ2) is 6.23. The molecule has 0 bridgehead atoms. The van der Waals surface area contributed by atoms with Gasteiger partial charge in [0.15, 0.2) is 0 Å². The fourth-order valence-electron chi connectivity index (χ4n) is 1.45. The van der Waals surface area contributed by atoms with Crippen molar-refractivity contribution in [2.45, 2.75) is 26.7 Å². The number of esters is 1. The molecule has 0 saturated carbocycles. The highest BCUT2D eigenvalue weighted by atomic mass is 16.5. The fourth-order valence-corrected chi connectivity index (χ4v) is 1.45. The molecule has 100 valence electrons. The Morgan fingerprint density at radius 1 is 1.44 bits per heavy atom. The zero-order chi connectivity index (χ0) is 13.6. The van der Waals surface area contributed by atoms with Gasteiger partial charge < -0.3 is 14.5 Å². The highest BCUT2D eigenvalue weighted by Gasteiger charge is 2.28. The third-order valence-electron chi connectivity index (χ3n) is 2.64. The molecular formula is C13H19NO4. The normalized spacial score (nSPS) is 11.1. The summed E-state index contributed by atoms with van der Waals surface area (Å²) in [7, 11) is 1.34. The van der Waals surface area contributed by atoms with Crippen molar-refractivity contribution in [3.63, 3.8) is 0 Å². The van der Waals surface area contributed by atoms with Gasteiger partial charge in [0.05, 0.1) is 18.8 Å². The summed E-state index contributed by atoms with van der Waals surface area (Å²) in [5.74, 6) is 0.328. The Hall–Kier alpha value is -1.78. The molecule has 5 nitrogen and oxygen atoms in total. The third kappa shape index (κ3) is 4.24. The monoisotopic (exact) mass is 253 g/mol. The van der Waals surface area contributed by atoms with Gasteiger partial charge in [0, 0.05) is 19.4 Å². The highest BCUT2D eigenvalue weighted by Crippen LogP contribution is 2.15. The molecule has 0 unspecified atom stereocenters. The maximum absolute atomic E-state index is 11.6. The number of nitrogens with one attached hydrogen (secondary N) is 1. The number of hydrogen-bond donors (Lipinski definition) is 1.